The second-order valence-corrected chi connectivity index (χ2v) is 12.6. The molecule has 20 heteroatoms. The number of anilines is 3. The molecule has 0 fully saturated rings. The maximum Gasteiger partial charge on any atom is 0.445 e. The van der Waals surface area contributed by atoms with Gasteiger partial charge in [0.25, 0.3) is 0 Å². The molecule has 3 heterocycles. The Morgan fingerprint density at radius 1 is 0.638 bits per heavy atom. The van der Waals surface area contributed by atoms with Crippen LogP contribution in [0.1, 0.15) is 5.01 Å². The van der Waals surface area contributed by atoms with E-state index in [4.69, 9.17) is 34.2 Å². The predicted octanol–water partition coefficient (Wildman–Crippen LogP) is 9.46. The van der Waals surface area contributed by atoms with E-state index in [9.17, 15) is 26.7 Å². The molecule has 0 aliphatic heterocycles. The first-order valence-electron chi connectivity index (χ1n) is 16.5. The summed E-state index contributed by atoms with van der Waals surface area (Å²) in [5.74, 6) is 2.05. The number of nitrogens with zero attached hydrogens (tertiary/aromatic N) is 4. The summed E-state index contributed by atoms with van der Waals surface area (Å²) in [6.07, 6.45) is -1.57. The number of pyridine rings is 2. The number of alkyl halides is 3. The van der Waals surface area contributed by atoms with Gasteiger partial charge in [0.15, 0.2) is 23.0 Å². The Balaban J connectivity index is 0.000000213. The summed E-state index contributed by atoms with van der Waals surface area (Å²) in [6.45, 7) is 0. The van der Waals surface area contributed by atoms with Gasteiger partial charge in [-0.05, 0) is 48.5 Å². The Morgan fingerprint density at radius 2 is 1.14 bits per heavy atom. The number of halogens is 5. The van der Waals surface area contributed by atoms with Crippen molar-refractivity contribution in [2.45, 2.75) is 6.18 Å². The van der Waals surface area contributed by atoms with Crippen LogP contribution < -0.4 is 44.8 Å². The standard InChI is InChI=1S/C21H15F4N5O4S.C17H15FN2O3/c1-32-16-8-11-14(9-17(16)33-2)26-6-5-15(11)34-10-3-4-13(12(22)7-10)27-19(31)28-20-30-29-18(35-20)21(23,24)25;1-21-16-8-11-14(9-17(16)22-2)20-6-5-15(11)23-10-3-4-13(19)12(18)7-10/h3-9H,1-2H3,(H2,27,28,30,31);3-9H,19H2,1-2H3. The minimum atomic E-state index is -4.69. The highest BCUT2D eigenvalue weighted by atomic mass is 32.1. The SMILES string of the molecule is COc1cc2nccc(Oc3ccc(N)c(F)c3)c2cc1OC.COc1cc2nccc(Oc3ccc(NC(=O)Nc4nnc(C(F)(F)F)s4)c(F)c3)c2cc1OC. The van der Waals surface area contributed by atoms with Crippen LogP contribution in [0.3, 0.4) is 0 Å². The molecule has 0 atom stereocenters. The third-order valence-electron chi connectivity index (χ3n) is 7.92. The van der Waals surface area contributed by atoms with Crippen molar-refractivity contribution >= 4 is 55.7 Å². The average molecular weight is 824 g/mol. The van der Waals surface area contributed by atoms with Crippen LogP contribution in [0, 0.1) is 11.6 Å². The molecule has 0 bridgehead atoms. The number of amides is 2. The normalized spacial score (nSPS) is 11.0. The van der Waals surface area contributed by atoms with Crippen LogP contribution in [-0.4, -0.2) is 54.6 Å². The Labute approximate surface area is 329 Å². The van der Waals surface area contributed by atoms with E-state index in [0.717, 1.165) is 11.5 Å². The number of fused-ring (bicyclic) bond motifs is 2. The fourth-order valence-corrected chi connectivity index (χ4v) is 5.80. The lowest BCUT2D eigenvalue weighted by atomic mass is 10.2. The number of ether oxygens (including phenoxy) is 6. The first-order chi connectivity index (χ1) is 27.8. The number of hydrogen-bond acceptors (Lipinski definition) is 13. The molecule has 7 rings (SSSR count). The van der Waals surface area contributed by atoms with Gasteiger partial charge >= 0.3 is 12.2 Å². The zero-order valence-corrected chi connectivity index (χ0v) is 31.4. The van der Waals surface area contributed by atoms with E-state index in [1.54, 1.807) is 62.9 Å². The van der Waals surface area contributed by atoms with Crippen molar-refractivity contribution in [2.24, 2.45) is 0 Å². The number of benzene rings is 4. The lowest BCUT2D eigenvalue weighted by Crippen LogP contribution is -2.20. The molecule has 0 radical (unpaired) electrons. The Morgan fingerprint density at radius 3 is 1.60 bits per heavy atom. The maximum absolute atomic E-state index is 14.6. The predicted molar refractivity (Wildman–Crippen MR) is 205 cm³/mol. The number of aromatic nitrogens is 4. The van der Waals surface area contributed by atoms with Gasteiger partial charge in [-0.15, -0.1) is 10.2 Å². The summed E-state index contributed by atoms with van der Waals surface area (Å²) in [7, 11) is 6.09. The van der Waals surface area contributed by atoms with Crippen molar-refractivity contribution in [3.8, 4) is 46.0 Å². The first-order valence-corrected chi connectivity index (χ1v) is 17.3. The number of carbonyl (C=O) groups is 1. The minimum absolute atomic E-state index is 0.0725. The van der Waals surface area contributed by atoms with Gasteiger partial charge in [0.05, 0.1) is 50.8 Å². The summed E-state index contributed by atoms with van der Waals surface area (Å²) in [4.78, 5) is 20.6. The second kappa shape index (κ2) is 17.3. The summed E-state index contributed by atoms with van der Waals surface area (Å²) in [5, 5.41) is 10.1. The molecule has 0 unspecified atom stereocenters. The third-order valence-corrected chi connectivity index (χ3v) is 8.80. The highest BCUT2D eigenvalue weighted by Gasteiger charge is 2.36. The van der Waals surface area contributed by atoms with E-state index < -0.39 is 34.0 Å². The van der Waals surface area contributed by atoms with Gasteiger partial charge in [0.2, 0.25) is 10.1 Å². The number of nitrogen functional groups attached to an aromatic ring is 1. The lowest BCUT2D eigenvalue weighted by Gasteiger charge is -2.13. The number of rotatable bonds is 10. The fourth-order valence-electron chi connectivity index (χ4n) is 5.20. The Bertz CT molecular complexity index is 2610. The fraction of sp³-hybridized carbons (Fsp3) is 0.132. The number of urea groups is 1. The molecule has 58 heavy (non-hydrogen) atoms. The van der Waals surface area contributed by atoms with Crippen molar-refractivity contribution in [3.05, 3.63) is 102 Å². The van der Waals surface area contributed by atoms with Gasteiger partial charge < -0.3 is 39.5 Å². The monoisotopic (exact) mass is 823 g/mol. The number of nitrogens with two attached hydrogens (primary N) is 1. The van der Waals surface area contributed by atoms with Gasteiger partial charge in [0.1, 0.15) is 34.6 Å². The number of nitrogens with one attached hydrogen (secondary N) is 2. The van der Waals surface area contributed by atoms with Crippen LogP contribution in [0.15, 0.2) is 85.2 Å². The van der Waals surface area contributed by atoms with Crippen molar-refractivity contribution in [1.82, 2.24) is 20.2 Å². The van der Waals surface area contributed by atoms with E-state index in [-0.39, 0.29) is 28.5 Å². The first kappa shape index (κ1) is 40.4. The smallest absolute Gasteiger partial charge is 0.445 e. The van der Waals surface area contributed by atoms with E-state index in [0.29, 0.717) is 56.7 Å². The van der Waals surface area contributed by atoms with Gasteiger partial charge in [-0.2, -0.15) is 13.2 Å². The van der Waals surface area contributed by atoms with Gasteiger partial charge in [-0.1, -0.05) is 11.3 Å². The molecule has 4 N–H and O–H groups in total. The molecule has 300 valence electrons. The molecule has 0 aliphatic rings. The second-order valence-electron chi connectivity index (χ2n) is 11.6. The van der Waals surface area contributed by atoms with Crippen molar-refractivity contribution in [1.29, 1.82) is 0 Å². The summed E-state index contributed by atoms with van der Waals surface area (Å²) < 4.78 is 98.6. The quantitative estimate of drug-likeness (QED) is 0.0882. The topological polar surface area (TPSA) is 174 Å². The zero-order valence-electron chi connectivity index (χ0n) is 30.6. The van der Waals surface area contributed by atoms with Gasteiger partial charge in [-0.3, -0.25) is 15.3 Å². The molecule has 7 aromatic rings. The van der Waals surface area contributed by atoms with E-state index >= 15 is 0 Å². The van der Waals surface area contributed by atoms with Crippen LogP contribution in [0.5, 0.6) is 46.0 Å². The summed E-state index contributed by atoms with van der Waals surface area (Å²) in [5.41, 5.74) is 6.54. The lowest BCUT2D eigenvalue weighted by molar-refractivity contribution is -0.138. The summed E-state index contributed by atoms with van der Waals surface area (Å²) >= 11 is 0.137. The van der Waals surface area contributed by atoms with Crippen LogP contribution in [0.4, 0.5) is 43.3 Å². The third kappa shape index (κ3) is 9.24. The molecule has 0 saturated heterocycles. The molecule has 0 aliphatic carbocycles. The number of hydrogen-bond donors (Lipinski definition) is 3. The van der Waals surface area contributed by atoms with Crippen LogP contribution in [-0.2, 0) is 6.18 Å². The summed E-state index contributed by atoms with van der Waals surface area (Å²) in [6, 6.07) is 17.1. The van der Waals surface area contributed by atoms with E-state index in [1.165, 1.54) is 44.7 Å². The zero-order chi connectivity index (χ0) is 41.6. The maximum atomic E-state index is 14.6. The largest absolute Gasteiger partial charge is 0.493 e. The highest BCUT2D eigenvalue weighted by Crippen LogP contribution is 2.39. The van der Waals surface area contributed by atoms with Gasteiger partial charge in [0, 0.05) is 47.4 Å². The molecule has 0 spiro atoms. The molecule has 4 aromatic carbocycles. The molecule has 0 saturated carbocycles. The molecular weight excluding hydrogens is 794 g/mol. The van der Waals surface area contributed by atoms with Crippen LogP contribution >= 0.6 is 11.3 Å². The Hall–Kier alpha value is -7.22. The number of methoxy groups -OCH3 is 4. The minimum Gasteiger partial charge on any atom is -0.493 e. The van der Waals surface area contributed by atoms with Crippen molar-refractivity contribution in [3.63, 3.8) is 0 Å². The highest BCUT2D eigenvalue weighted by molar-refractivity contribution is 7.15. The van der Waals surface area contributed by atoms with E-state index in [2.05, 4.69) is 30.8 Å². The van der Waals surface area contributed by atoms with E-state index in [1.807, 2.05) is 0 Å². The van der Waals surface area contributed by atoms with Gasteiger partial charge in [-0.25, -0.2) is 13.6 Å². The molecule has 14 nitrogen and oxygen atoms in total. The Kier molecular flexibility index (Phi) is 12.1. The van der Waals surface area contributed by atoms with Crippen molar-refractivity contribution < 1.29 is 55.2 Å². The molecular formula is C38H30F5N7O7S. The van der Waals surface area contributed by atoms with Crippen LogP contribution in [0.25, 0.3) is 21.8 Å². The average Bonchev–Trinajstić information content (AvgIpc) is 3.69. The van der Waals surface area contributed by atoms with Crippen molar-refractivity contribution in [2.75, 3.05) is 44.8 Å². The number of carbonyl (C=O) groups excluding carboxylic acids is 1. The molecule has 2 amide bonds. The van der Waals surface area contributed by atoms with Crippen LogP contribution in [0.2, 0.25) is 0 Å². The molecule has 3 aromatic heterocycles.